The molecule has 0 aliphatic carbocycles. The molecule has 0 unspecified atom stereocenters. The van der Waals surface area contributed by atoms with E-state index in [1.807, 2.05) is 6.07 Å². The smallest absolute Gasteiger partial charge is 0.347 e. The lowest BCUT2D eigenvalue weighted by Gasteiger charge is -2.02. The Balaban J connectivity index is 2.11. The highest BCUT2D eigenvalue weighted by Gasteiger charge is 2.17. The van der Waals surface area contributed by atoms with E-state index < -0.39 is 5.56 Å². The summed E-state index contributed by atoms with van der Waals surface area (Å²) in [5, 5.41) is 14.6. The molecule has 18 heavy (non-hydrogen) atoms. The van der Waals surface area contributed by atoms with E-state index >= 15 is 0 Å². The molecule has 0 fully saturated rings. The van der Waals surface area contributed by atoms with Gasteiger partial charge in [0.2, 0.25) is 0 Å². The van der Waals surface area contributed by atoms with E-state index in [2.05, 4.69) is 19.8 Å². The Bertz CT molecular complexity index is 749. The van der Waals surface area contributed by atoms with Crippen LogP contribution in [-0.2, 0) is 6.54 Å². The van der Waals surface area contributed by atoms with Crippen molar-refractivity contribution in [3.05, 3.63) is 52.0 Å². The summed E-state index contributed by atoms with van der Waals surface area (Å²) in [4.78, 5) is 19.9. The van der Waals surface area contributed by atoms with Crippen molar-refractivity contribution in [1.82, 2.24) is 19.7 Å². The normalized spacial score (nSPS) is 10.9. The molecule has 0 aliphatic heterocycles. The molecule has 3 heterocycles. The summed E-state index contributed by atoms with van der Waals surface area (Å²) < 4.78 is 5.62. The molecule has 0 bridgehead atoms. The van der Waals surface area contributed by atoms with Crippen LogP contribution in [-0.4, -0.2) is 19.7 Å². The molecule has 0 amide bonds. The van der Waals surface area contributed by atoms with Gasteiger partial charge in [-0.3, -0.25) is 19.0 Å². The summed E-state index contributed by atoms with van der Waals surface area (Å²) in [6, 6.07) is 3.59. The van der Waals surface area contributed by atoms with Crippen LogP contribution in [0.1, 0.15) is 5.56 Å². The van der Waals surface area contributed by atoms with Crippen molar-refractivity contribution in [1.29, 1.82) is 0 Å². The molecular formula is C10H7N5O3. The van der Waals surface area contributed by atoms with Crippen LogP contribution in [0.4, 0.5) is 0 Å². The van der Waals surface area contributed by atoms with E-state index in [0.717, 1.165) is 5.56 Å². The molecule has 0 N–H and O–H groups in total. The zero-order valence-corrected chi connectivity index (χ0v) is 9.05. The maximum Gasteiger partial charge on any atom is 0.347 e. The fourth-order valence-corrected chi connectivity index (χ4v) is 1.61. The molecule has 0 aliphatic rings. The van der Waals surface area contributed by atoms with Crippen LogP contribution in [0.5, 0.6) is 0 Å². The second-order valence-electron chi connectivity index (χ2n) is 3.64. The Labute approximate surface area is 99.7 Å². The topological polar surface area (TPSA) is 101 Å². The first-order valence-corrected chi connectivity index (χ1v) is 5.09. The molecule has 90 valence electrons. The van der Waals surface area contributed by atoms with Crippen molar-refractivity contribution in [3.63, 3.8) is 0 Å². The van der Waals surface area contributed by atoms with Crippen LogP contribution in [0, 0.1) is 5.21 Å². The molecular weight excluding hydrogens is 238 g/mol. The number of pyridine rings is 1. The van der Waals surface area contributed by atoms with Crippen molar-refractivity contribution in [3.8, 4) is 0 Å². The quantitative estimate of drug-likeness (QED) is 0.562. The van der Waals surface area contributed by atoms with Crippen LogP contribution >= 0.6 is 0 Å². The molecule has 3 aromatic heterocycles. The summed E-state index contributed by atoms with van der Waals surface area (Å²) in [6.07, 6.45) is 4.59. The van der Waals surface area contributed by atoms with E-state index in [0.29, 0.717) is 0 Å². The van der Waals surface area contributed by atoms with Gasteiger partial charge in [-0.1, -0.05) is 6.07 Å². The highest BCUT2D eigenvalue weighted by atomic mass is 16.8. The van der Waals surface area contributed by atoms with Gasteiger partial charge in [0.05, 0.1) is 11.7 Å². The zero-order valence-electron chi connectivity index (χ0n) is 9.05. The van der Waals surface area contributed by atoms with Gasteiger partial charge < -0.3 is 5.21 Å². The Morgan fingerprint density at radius 2 is 2.39 bits per heavy atom. The van der Waals surface area contributed by atoms with Gasteiger partial charge in [0.25, 0.3) is 0 Å². The van der Waals surface area contributed by atoms with Crippen LogP contribution in [0.2, 0.25) is 0 Å². The number of fused-ring (bicyclic) bond motifs is 1. The average molecular weight is 245 g/mol. The van der Waals surface area contributed by atoms with Gasteiger partial charge in [-0.15, -0.1) is 0 Å². The Morgan fingerprint density at radius 3 is 3.17 bits per heavy atom. The molecule has 8 heteroatoms. The monoisotopic (exact) mass is 245 g/mol. The standard InChI is InChI=1S/C10H7N5O3/c16-10-8-9(13-18-15(8)17)12-6-14(10)5-7-2-1-3-11-4-7/h1-4,6H,5H2. The summed E-state index contributed by atoms with van der Waals surface area (Å²) in [5.41, 5.74) is 0.119. The summed E-state index contributed by atoms with van der Waals surface area (Å²) >= 11 is 0. The minimum Gasteiger partial charge on any atom is -0.359 e. The maximum absolute atomic E-state index is 12.0. The van der Waals surface area contributed by atoms with Crippen molar-refractivity contribution in [2.45, 2.75) is 6.54 Å². The van der Waals surface area contributed by atoms with Crippen LogP contribution in [0.25, 0.3) is 11.2 Å². The molecule has 8 nitrogen and oxygen atoms in total. The first-order chi connectivity index (χ1) is 8.75. The zero-order chi connectivity index (χ0) is 12.5. The van der Waals surface area contributed by atoms with Crippen LogP contribution in [0.3, 0.4) is 0 Å². The number of aromatic nitrogens is 5. The van der Waals surface area contributed by atoms with Crippen molar-refractivity contribution >= 4 is 11.2 Å². The lowest BCUT2D eigenvalue weighted by atomic mass is 10.3. The van der Waals surface area contributed by atoms with Gasteiger partial charge in [0.15, 0.2) is 0 Å². The molecule has 3 aromatic rings. The van der Waals surface area contributed by atoms with Crippen LogP contribution < -0.4 is 10.5 Å². The SMILES string of the molecule is O=c1c2c(ncn1Cc1cccnc1)no[n+]2[O-]. The van der Waals surface area contributed by atoms with Gasteiger partial charge in [-0.25, -0.2) is 0 Å². The second-order valence-corrected chi connectivity index (χ2v) is 3.64. The molecule has 0 atom stereocenters. The second kappa shape index (κ2) is 3.91. The third kappa shape index (κ3) is 1.59. The average Bonchev–Trinajstić information content (AvgIpc) is 2.77. The van der Waals surface area contributed by atoms with Crippen molar-refractivity contribution in [2.24, 2.45) is 0 Å². The van der Waals surface area contributed by atoms with Crippen molar-refractivity contribution < 1.29 is 9.53 Å². The Morgan fingerprint density at radius 1 is 1.50 bits per heavy atom. The van der Waals surface area contributed by atoms with E-state index in [4.69, 9.17) is 0 Å². The fraction of sp³-hybridized carbons (Fsp3) is 0.100. The third-order valence-corrected chi connectivity index (χ3v) is 2.45. The number of nitrogens with zero attached hydrogens (tertiary/aromatic N) is 5. The highest BCUT2D eigenvalue weighted by Crippen LogP contribution is 2.00. The predicted octanol–water partition coefficient (Wildman–Crippen LogP) is -0.539. The summed E-state index contributed by atoms with van der Waals surface area (Å²) in [5.74, 6) is 0. The summed E-state index contributed by atoms with van der Waals surface area (Å²) in [6.45, 7) is 0.279. The number of hydrogen-bond acceptors (Lipinski definition) is 6. The molecule has 0 saturated carbocycles. The van der Waals surface area contributed by atoms with Gasteiger partial charge in [0.1, 0.15) is 6.33 Å². The molecule has 0 saturated heterocycles. The molecule has 0 radical (unpaired) electrons. The van der Waals surface area contributed by atoms with Gasteiger partial charge in [-0.2, -0.15) is 4.98 Å². The third-order valence-electron chi connectivity index (χ3n) is 2.45. The van der Waals surface area contributed by atoms with Crippen LogP contribution in [0.15, 0.2) is 40.3 Å². The van der Waals surface area contributed by atoms with Gasteiger partial charge in [-0.05, 0) is 16.5 Å². The van der Waals surface area contributed by atoms with E-state index in [1.54, 1.807) is 18.5 Å². The van der Waals surface area contributed by atoms with E-state index in [9.17, 15) is 10.0 Å². The molecule has 0 aromatic carbocycles. The minimum absolute atomic E-state index is 0.00237. The first kappa shape index (κ1) is 10.4. The predicted molar refractivity (Wildman–Crippen MR) is 58.4 cm³/mol. The minimum atomic E-state index is -0.500. The largest absolute Gasteiger partial charge is 0.359 e. The molecule has 3 rings (SSSR count). The summed E-state index contributed by atoms with van der Waals surface area (Å²) in [7, 11) is 0. The lowest BCUT2D eigenvalue weighted by molar-refractivity contribution is -0.782. The Hall–Kier alpha value is -2.77. The Kier molecular flexibility index (Phi) is 2.26. The van der Waals surface area contributed by atoms with Gasteiger partial charge in [0, 0.05) is 12.4 Å². The number of rotatable bonds is 2. The van der Waals surface area contributed by atoms with E-state index in [-0.39, 0.29) is 22.6 Å². The van der Waals surface area contributed by atoms with Gasteiger partial charge >= 0.3 is 16.7 Å². The highest BCUT2D eigenvalue weighted by molar-refractivity contribution is 5.62. The first-order valence-electron chi connectivity index (χ1n) is 5.09. The molecule has 0 spiro atoms. The number of hydrogen-bond donors (Lipinski definition) is 0. The lowest BCUT2D eigenvalue weighted by Crippen LogP contribution is -2.33. The van der Waals surface area contributed by atoms with Crippen molar-refractivity contribution in [2.75, 3.05) is 0 Å². The maximum atomic E-state index is 12.0. The fourth-order valence-electron chi connectivity index (χ4n) is 1.61. The van der Waals surface area contributed by atoms with E-state index in [1.165, 1.54) is 10.9 Å².